The summed E-state index contributed by atoms with van der Waals surface area (Å²) in [5, 5.41) is 9.23. The molecule has 192 valence electrons. The van der Waals surface area contributed by atoms with Crippen LogP contribution in [0.2, 0.25) is 0 Å². The second kappa shape index (κ2) is 11.5. The van der Waals surface area contributed by atoms with E-state index in [2.05, 4.69) is 28.5 Å². The van der Waals surface area contributed by atoms with Crippen LogP contribution in [0.4, 0.5) is 5.95 Å². The van der Waals surface area contributed by atoms with E-state index in [9.17, 15) is 18.3 Å². The van der Waals surface area contributed by atoms with Gasteiger partial charge in [-0.1, -0.05) is 51.0 Å². The number of anilines is 1. The van der Waals surface area contributed by atoms with Gasteiger partial charge < -0.3 is 15.6 Å². The number of carbonyl (C=O) groups is 1. The van der Waals surface area contributed by atoms with Gasteiger partial charge in [-0.2, -0.15) is 4.98 Å². The van der Waals surface area contributed by atoms with Crippen molar-refractivity contribution in [3.63, 3.8) is 0 Å². The molecule has 0 spiro atoms. The third kappa shape index (κ3) is 6.38. The largest absolute Gasteiger partial charge is 0.478 e. The van der Waals surface area contributed by atoms with E-state index in [0.29, 0.717) is 5.69 Å². The van der Waals surface area contributed by atoms with Gasteiger partial charge in [0.1, 0.15) is 6.61 Å². The first kappa shape index (κ1) is 27.1. The molecule has 9 nitrogen and oxygen atoms in total. The number of carboxylic acid groups (broad SMARTS) is 1. The van der Waals surface area contributed by atoms with E-state index in [1.54, 1.807) is 6.07 Å². The number of rotatable bonds is 11. The number of hydrogen-bond acceptors (Lipinski definition) is 7. The van der Waals surface area contributed by atoms with Crippen molar-refractivity contribution in [2.75, 3.05) is 11.3 Å². The summed E-state index contributed by atoms with van der Waals surface area (Å²) in [6.07, 6.45) is 1.83. The van der Waals surface area contributed by atoms with Crippen molar-refractivity contribution in [2.45, 2.75) is 51.5 Å². The van der Waals surface area contributed by atoms with E-state index in [4.69, 9.17) is 10.5 Å². The minimum atomic E-state index is -4.18. The van der Waals surface area contributed by atoms with Crippen molar-refractivity contribution in [3.05, 3.63) is 65.2 Å². The molecule has 36 heavy (non-hydrogen) atoms. The fourth-order valence-electron chi connectivity index (χ4n) is 4.08. The molecule has 1 aromatic heterocycles. The molecular weight excluding hydrogens is 480 g/mol. The molecule has 2 aromatic carbocycles. The molecule has 0 radical (unpaired) electrons. The van der Waals surface area contributed by atoms with E-state index >= 15 is 0 Å². The molecule has 10 heteroatoms. The van der Waals surface area contributed by atoms with E-state index < -0.39 is 16.0 Å². The number of nitrogens with two attached hydrogens (primary N) is 1. The molecule has 0 saturated carbocycles. The van der Waals surface area contributed by atoms with E-state index in [1.165, 1.54) is 18.2 Å². The van der Waals surface area contributed by atoms with Crippen molar-refractivity contribution in [1.29, 1.82) is 0 Å². The summed E-state index contributed by atoms with van der Waals surface area (Å²) in [5.74, 6) is -0.961. The van der Waals surface area contributed by atoms with Gasteiger partial charge in [0.25, 0.3) is 10.0 Å². The lowest BCUT2D eigenvalue weighted by Gasteiger charge is -2.21. The van der Waals surface area contributed by atoms with Crippen molar-refractivity contribution in [2.24, 2.45) is 11.7 Å². The Morgan fingerprint density at radius 1 is 1.06 bits per heavy atom. The van der Waals surface area contributed by atoms with E-state index in [-0.39, 0.29) is 40.9 Å². The number of benzene rings is 2. The van der Waals surface area contributed by atoms with Crippen molar-refractivity contribution in [1.82, 2.24) is 9.97 Å². The molecule has 1 atom stereocenters. The van der Waals surface area contributed by atoms with Gasteiger partial charge in [0.05, 0.1) is 16.2 Å². The zero-order valence-electron chi connectivity index (χ0n) is 20.9. The van der Waals surface area contributed by atoms with E-state index in [1.807, 2.05) is 32.0 Å². The summed E-state index contributed by atoms with van der Waals surface area (Å²) in [4.78, 5) is 19.8. The lowest BCUT2D eigenvalue weighted by molar-refractivity contribution is 0.0696. The van der Waals surface area contributed by atoms with Crippen LogP contribution < -0.4 is 15.2 Å². The topological polar surface area (TPSA) is 144 Å². The van der Waals surface area contributed by atoms with Gasteiger partial charge in [0.2, 0.25) is 11.8 Å². The third-order valence-electron chi connectivity index (χ3n) is 6.13. The molecule has 0 amide bonds. The Morgan fingerprint density at radius 2 is 1.69 bits per heavy atom. The van der Waals surface area contributed by atoms with Crippen LogP contribution in [0.3, 0.4) is 0 Å². The maximum absolute atomic E-state index is 13.1. The molecule has 0 bridgehead atoms. The Balaban J connectivity index is 2.02. The molecule has 1 heterocycles. The summed E-state index contributed by atoms with van der Waals surface area (Å²) < 4.78 is 34.4. The minimum absolute atomic E-state index is 0.150. The predicted octanol–water partition coefficient (Wildman–Crippen LogP) is 4.40. The number of aromatic carboxylic acids is 1. The van der Waals surface area contributed by atoms with Gasteiger partial charge in [-0.15, -0.1) is 0 Å². The molecule has 0 aliphatic heterocycles. The van der Waals surface area contributed by atoms with Crippen molar-refractivity contribution >= 4 is 21.9 Å². The Morgan fingerprint density at radius 3 is 2.31 bits per heavy atom. The van der Waals surface area contributed by atoms with Crippen molar-refractivity contribution in [3.8, 4) is 17.1 Å². The zero-order chi connectivity index (χ0) is 26.5. The highest BCUT2D eigenvalue weighted by Gasteiger charge is 2.21. The lowest BCUT2D eigenvalue weighted by Crippen LogP contribution is -2.35. The van der Waals surface area contributed by atoms with Crippen LogP contribution in [0.25, 0.3) is 11.3 Å². The van der Waals surface area contributed by atoms with Gasteiger partial charge in [-0.3, -0.25) is 0 Å². The highest BCUT2D eigenvalue weighted by Crippen LogP contribution is 2.29. The molecule has 0 saturated heterocycles. The Kier molecular flexibility index (Phi) is 8.65. The molecule has 3 rings (SSSR count). The molecule has 0 aliphatic carbocycles. The first-order valence-electron chi connectivity index (χ1n) is 11.8. The number of aryl methyl sites for hydroxylation is 2. The number of nitrogens with zero attached hydrogens (tertiary/aromatic N) is 2. The van der Waals surface area contributed by atoms with Gasteiger partial charge in [0, 0.05) is 17.7 Å². The normalized spacial score (nSPS) is 12.4. The smallest absolute Gasteiger partial charge is 0.335 e. The maximum Gasteiger partial charge on any atom is 0.335 e. The van der Waals surface area contributed by atoms with Crippen molar-refractivity contribution < 1.29 is 23.1 Å². The first-order chi connectivity index (χ1) is 17.1. The van der Waals surface area contributed by atoms with Gasteiger partial charge in [0.15, 0.2) is 0 Å². The van der Waals surface area contributed by atoms with Gasteiger partial charge >= 0.3 is 5.97 Å². The highest BCUT2D eigenvalue weighted by atomic mass is 32.2. The van der Waals surface area contributed by atoms with Crippen LogP contribution in [0.5, 0.6) is 5.88 Å². The van der Waals surface area contributed by atoms with Crippen LogP contribution >= 0.6 is 0 Å². The van der Waals surface area contributed by atoms with E-state index in [0.717, 1.165) is 35.6 Å². The lowest BCUT2D eigenvalue weighted by atomic mass is 9.95. The predicted molar refractivity (Wildman–Crippen MR) is 139 cm³/mol. The number of aromatic nitrogens is 2. The average molecular weight is 513 g/mol. The molecule has 0 fully saturated rings. The van der Waals surface area contributed by atoms with Crippen LogP contribution in [-0.4, -0.2) is 42.1 Å². The first-order valence-corrected chi connectivity index (χ1v) is 13.2. The van der Waals surface area contributed by atoms with Crippen LogP contribution in [0, 0.1) is 19.8 Å². The molecule has 3 aromatic rings. The van der Waals surface area contributed by atoms with Crippen LogP contribution in [0.15, 0.2) is 53.4 Å². The van der Waals surface area contributed by atoms with Crippen LogP contribution in [0.1, 0.15) is 48.2 Å². The summed E-state index contributed by atoms with van der Waals surface area (Å²) >= 11 is 0. The Hall–Kier alpha value is -3.50. The second-order valence-corrected chi connectivity index (χ2v) is 10.4. The summed E-state index contributed by atoms with van der Waals surface area (Å²) in [7, 11) is -4.18. The summed E-state index contributed by atoms with van der Waals surface area (Å²) in [6.45, 7) is 8.24. The summed E-state index contributed by atoms with van der Waals surface area (Å²) in [6, 6.07) is 12.3. The zero-order valence-corrected chi connectivity index (χ0v) is 21.7. The monoisotopic (exact) mass is 512 g/mol. The number of ether oxygens (including phenoxy) is 1. The van der Waals surface area contributed by atoms with Gasteiger partial charge in [-0.25, -0.2) is 22.9 Å². The Bertz CT molecular complexity index is 1320. The molecular formula is C26H32N4O5S. The SMILES string of the molecule is CCC(CC)C(N)COc1cc(-c2c(C)cccc2C)nc(NS(=O)(=O)c2cccc(C(=O)O)c2)n1. The van der Waals surface area contributed by atoms with Gasteiger partial charge in [-0.05, 0) is 49.1 Å². The number of sulfonamides is 1. The number of nitrogens with one attached hydrogen (secondary N) is 1. The minimum Gasteiger partial charge on any atom is -0.478 e. The standard InChI is InChI=1S/C26H32N4O5S/c1-5-18(6-2)21(27)15-35-23-14-22(24-16(3)9-7-10-17(24)4)28-26(29-23)30-36(33,34)20-12-8-11-19(13-20)25(31)32/h7-14,18,21H,5-6,15,27H2,1-4H3,(H,31,32)(H,28,29,30). The highest BCUT2D eigenvalue weighted by molar-refractivity contribution is 7.92. The number of hydrogen-bond donors (Lipinski definition) is 3. The molecule has 4 N–H and O–H groups in total. The Labute approximate surface area is 211 Å². The third-order valence-corrected chi connectivity index (χ3v) is 7.46. The quantitative estimate of drug-likeness (QED) is 0.343. The second-order valence-electron chi connectivity index (χ2n) is 8.67. The number of carboxylic acids is 1. The summed E-state index contributed by atoms with van der Waals surface area (Å²) in [5.41, 5.74) is 9.40. The fourth-order valence-corrected chi connectivity index (χ4v) is 5.07. The van der Waals surface area contributed by atoms with Crippen LogP contribution in [-0.2, 0) is 10.0 Å². The maximum atomic E-state index is 13.1. The molecule has 1 unspecified atom stereocenters. The fraction of sp³-hybridized carbons (Fsp3) is 0.346. The molecule has 0 aliphatic rings. The average Bonchev–Trinajstić information content (AvgIpc) is 2.83.